The number of carbonyl (C=O) groups excluding carboxylic acids is 1. The lowest BCUT2D eigenvalue weighted by atomic mass is 10.0. The van der Waals surface area contributed by atoms with Crippen LogP contribution in [0, 0.1) is 20.8 Å². The quantitative estimate of drug-likeness (QED) is 0.313. The summed E-state index contributed by atoms with van der Waals surface area (Å²) in [5, 5.41) is 4.71. The molecule has 0 N–H and O–H groups in total. The predicted octanol–water partition coefficient (Wildman–Crippen LogP) is 5.89. The first-order valence-electron chi connectivity index (χ1n) is 12.9. The number of carbonyl (C=O) groups is 1. The zero-order valence-corrected chi connectivity index (χ0v) is 23.1. The third kappa shape index (κ3) is 4.22. The van der Waals surface area contributed by atoms with Gasteiger partial charge in [-0.3, -0.25) is 4.79 Å². The molecule has 4 aromatic rings. The topological polar surface area (TPSA) is 98.3 Å². The van der Waals surface area contributed by atoms with Crippen molar-refractivity contribution in [1.29, 1.82) is 0 Å². The van der Waals surface area contributed by atoms with E-state index in [1.165, 1.54) is 0 Å². The number of benzene rings is 2. The smallest absolute Gasteiger partial charge is 0.227 e. The van der Waals surface area contributed by atoms with Gasteiger partial charge in [0.15, 0.2) is 0 Å². The fraction of sp³-hybridized carbons (Fsp3) is 0.393. The van der Waals surface area contributed by atoms with Crippen LogP contribution in [0.15, 0.2) is 40.9 Å². The average Bonchev–Trinajstić information content (AvgIpc) is 3.55. The molecule has 0 bridgehead atoms. The molecule has 2 aromatic carbocycles. The molecule has 1 atom stereocenters. The van der Waals surface area contributed by atoms with E-state index in [0.717, 1.165) is 50.7 Å². The highest BCUT2D eigenvalue weighted by Gasteiger charge is 2.39. The maximum Gasteiger partial charge on any atom is 0.227 e. The van der Waals surface area contributed by atoms with Crippen LogP contribution in [-0.2, 0) is 14.6 Å². The molecule has 0 aliphatic carbocycles. The van der Waals surface area contributed by atoms with Crippen LogP contribution in [-0.4, -0.2) is 40.5 Å². The predicted molar refractivity (Wildman–Crippen MR) is 147 cm³/mol. The van der Waals surface area contributed by atoms with E-state index in [2.05, 4.69) is 9.72 Å². The van der Waals surface area contributed by atoms with Crippen LogP contribution in [0.2, 0.25) is 5.02 Å². The maximum atomic E-state index is 13.2. The summed E-state index contributed by atoms with van der Waals surface area (Å²) >= 11 is 6.44. The van der Waals surface area contributed by atoms with Crippen LogP contribution < -0.4 is 4.90 Å². The molecule has 2 fully saturated rings. The minimum Gasteiger partial charge on any atom is -0.361 e. The fourth-order valence-corrected chi connectivity index (χ4v) is 7.55. The summed E-state index contributed by atoms with van der Waals surface area (Å²) < 4.78 is 32.1. The van der Waals surface area contributed by atoms with E-state index >= 15 is 0 Å². The molecule has 2 saturated heterocycles. The second-order valence-electron chi connectivity index (χ2n) is 10.4. The van der Waals surface area contributed by atoms with Crippen molar-refractivity contribution in [3.63, 3.8) is 0 Å². The number of hydrogen-bond donors (Lipinski definition) is 0. The standard InChI is InChI=1S/C28H29ClN4O4S/c1-16-4-6-21(15-22(16)29)32-25(8-9-26(32)34)28-30-23-14-19(27-17(2)31-37-18(27)3)5-7-24(23)33(28)20-10-12-38(35,36)13-11-20/h4-7,14-15,20,25H,8-13H2,1-3H3/t25-/m0/s1. The van der Waals surface area contributed by atoms with Gasteiger partial charge in [-0.25, -0.2) is 13.4 Å². The summed E-state index contributed by atoms with van der Waals surface area (Å²) in [5.74, 6) is 1.84. The van der Waals surface area contributed by atoms with Gasteiger partial charge in [-0.05, 0) is 75.4 Å². The number of aromatic nitrogens is 3. The summed E-state index contributed by atoms with van der Waals surface area (Å²) in [5.41, 5.74) is 6.13. The van der Waals surface area contributed by atoms with Gasteiger partial charge in [-0.2, -0.15) is 0 Å². The van der Waals surface area contributed by atoms with Crippen LogP contribution in [0.1, 0.15) is 60.6 Å². The summed E-state index contributed by atoms with van der Waals surface area (Å²) in [4.78, 5) is 20.1. The van der Waals surface area contributed by atoms with E-state index in [1.807, 2.05) is 57.2 Å². The number of aryl methyl sites for hydroxylation is 3. The van der Waals surface area contributed by atoms with Crippen molar-refractivity contribution >= 4 is 44.1 Å². The Kier molecular flexibility index (Phi) is 6.11. The average molecular weight is 553 g/mol. The zero-order chi connectivity index (χ0) is 26.8. The Morgan fingerprint density at radius 1 is 1.03 bits per heavy atom. The Morgan fingerprint density at radius 3 is 2.47 bits per heavy atom. The van der Waals surface area contributed by atoms with E-state index in [1.54, 1.807) is 4.90 Å². The third-order valence-corrected chi connectivity index (χ3v) is 9.99. The van der Waals surface area contributed by atoms with Crippen LogP contribution >= 0.6 is 11.6 Å². The molecular formula is C28H29ClN4O4S. The molecule has 0 spiro atoms. The Labute approximate surface area is 226 Å². The van der Waals surface area contributed by atoms with Crippen molar-refractivity contribution in [3.05, 3.63) is 64.3 Å². The molecule has 2 aliphatic heterocycles. The molecule has 4 heterocycles. The van der Waals surface area contributed by atoms with Crippen LogP contribution in [0.25, 0.3) is 22.2 Å². The first kappa shape index (κ1) is 25.1. The fourth-order valence-electron chi connectivity index (χ4n) is 5.91. The van der Waals surface area contributed by atoms with Crippen molar-refractivity contribution in [2.75, 3.05) is 16.4 Å². The Bertz CT molecular complexity index is 1660. The normalized spacial score (nSPS) is 20.1. The molecular weight excluding hydrogens is 524 g/mol. The second kappa shape index (κ2) is 9.24. The van der Waals surface area contributed by atoms with Crippen molar-refractivity contribution in [2.45, 2.75) is 58.5 Å². The SMILES string of the molecule is Cc1ccc(N2C(=O)CC[C@H]2c2nc3cc(-c4c(C)noc4C)ccc3n2C2CCS(=O)(=O)CC2)cc1Cl. The van der Waals surface area contributed by atoms with Gasteiger partial charge in [0.05, 0.1) is 34.3 Å². The van der Waals surface area contributed by atoms with Gasteiger partial charge in [0.1, 0.15) is 21.4 Å². The van der Waals surface area contributed by atoms with Gasteiger partial charge in [-0.15, -0.1) is 0 Å². The van der Waals surface area contributed by atoms with Gasteiger partial charge in [-0.1, -0.05) is 28.9 Å². The van der Waals surface area contributed by atoms with Gasteiger partial charge >= 0.3 is 0 Å². The number of sulfone groups is 1. The van der Waals surface area contributed by atoms with E-state index in [9.17, 15) is 13.2 Å². The second-order valence-corrected chi connectivity index (χ2v) is 13.1. The lowest BCUT2D eigenvalue weighted by Gasteiger charge is -2.30. The molecule has 6 rings (SSSR count). The van der Waals surface area contributed by atoms with Crippen molar-refractivity contribution < 1.29 is 17.7 Å². The van der Waals surface area contributed by atoms with Gasteiger partial charge in [0, 0.05) is 28.7 Å². The van der Waals surface area contributed by atoms with E-state index in [-0.39, 0.29) is 29.5 Å². The number of rotatable bonds is 4. The lowest BCUT2D eigenvalue weighted by molar-refractivity contribution is -0.117. The summed E-state index contributed by atoms with van der Waals surface area (Å²) in [6.07, 6.45) is 2.06. The van der Waals surface area contributed by atoms with Crippen LogP contribution in [0.5, 0.6) is 0 Å². The lowest BCUT2D eigenvalue weighted by Crippen LogP contribution is -2.31. The van der Waals surface area contributed by atoms with Crippen LogP contribution in [0.4, 0.5) is 5.69 Å². The minimum atomic E-state index is -3.04. The molecule has 8 nitrogen and oxygen atoms in total. The molecule has 0 saturated carbocycles. The summed E-state index contributed by atoms with van der Waals surface area (Å²) in [6.45, 7) is 5.74. The largest absolute Gasteiger partial charge is 0.361 e. The molecule has 10 heteroatoms. The molecule has 0 radical (unpaired) electrons. The zero-order valence-electron chi connectivity index (χ0n) is 21.6. The van der Waals surface area contributed by atoms with E-state index in [0.29, 0.717) is 30.7 Å². The molecule has 38 heavy (non-hydrogen) atoms. The molecule has 0 unspecified atom stereocenters. The molecule has 2 aromatic heterocycles. The van der Waals surface area contributed by atoms with Gasteiger partial charge in [0.2, 0.25) is 5.91 Å². The third-order valence-electron chi connectivity index (χ3n) is 7.87. The number of amides is 1. The first-order chi connectivity index (χ1) is 18.1. The highest BCUT2D eigenvalue weighted by atomic mass is 35.5. The first-order valence-corrected chi connectivity index (χ1v) is 15.1. The molecule has 1 amide bonds. The van der Waals surface area contributed by atoms with Crippen molar-refractivity contribution in [1.82, 2.24) is 14.7 Å². The minimum absolute atomic E-state index is 0.0242. The number of nitrogens with zero attached hydrogens (tertiary/aromatic N) is 4. The maximum absolute atomic E-state index is 13.2. The molecule has 198 valence electrons. The van der Waals surface area contributed by atoms with E-state index in [4.69, 9.17) is 21.1 Å². The number of hydrogen-bond acceptors (Lipinski definition) is 6. The number of anilines is 1. The summed E-state index contributed by atoms with van der Waals surface area (Å²) in [6, 6.07) is 11.5. The van der Waals surface area contributed by atoms with Crippen LogP contribution in [0.3, 0.4) is 0 Å². The summed E-state index contributed by atoms with van der Waals surface area (Å²) in [7, 11) is -3.04. The highest BCUT2D eigenvalue weighted by molar-refractivity contribution is 7.91. The number of imidazole rings is 1. The number of fused-ring (bicyclic) bond motifs is 1. The Morgan fingerprint density at radius 2 is 1.79 bits per heavy atom. The Balaban J connectivity index is 1.51. The van der Waals surface area contributed by atoms with Crippen molar-refractivity contribution in [2.24, 2.45) is 0 Å². The highest BCUT2D eigenvalue weighted by Crippen LogP contribution is 2.42. The monoisotopic (exact) mass is 552 g/mol. The van der Waals surface area contributed by atoms with Crippen molar-refractivity contribution in [3.8, 4) is 11.1 Å². The number of halogens is 1. The van der Waals surface area contributed by atoms with E-state index < -0.39 is 9.84 Å². The Hall–Kier alpha value is -3.17. The van der Waals surface area contributed by atoms with Gasteiger partial charge < -0.3 is 14.0 Å². The van der Waals surface area contributed by atoms with Gasteiger partial charge in [0.25, 0.3) is 0 Å². The molecule has 2 aliphatic rings.